The molecule has 0 saturated carbocycles. The second kappa shape index (κ2) is 9.82. The monoisotopic (exact) mass is 503 g/mol. The van der Waals surface area contributed by atoms with E-state index in [1.807, 2.05) is 0 Å². The number of nitro benzene ring substituents is 1. The number of carbonyl (C=O) groups excluding carboxylic acids is 1. The third-order valence-corrected chi connectivity index (χ3v) is 6.37. The van der Waals surface area contributed by atoms with Crippen LogP contribution in [0.1, 0.15) is 18.0 Å². The maximum absolute atomic E-state index is 12.9. The zero-order valence-corrected chi connectivity index (χ0v) is 18.5. The van der Waals surface area contributed by atoms with Crippen molar-refractivity contribution in [3.8, 4) is 0 Å². The lowest BCUT2D eigenvalue weighted by atomic mass is 10.0. The summed E-state index contributed by atoms with van der Waals surface area (Å²) in [5.74, 6) is -0.493. The fraction of sp³-hybridized carbons (Fsp3) is 0.0952. The van der Waals surface area contributed by atoms with E-state index in [-0.39, 0.29) is 22.7 Å². The molecule has 160 valence electrons. The number of carbonyl (C=O) groups is 1. The van der Waals surface area contributed by atoms with Crippen LogP contribution in [0.2, 0.25) is 0 Å². The van der Waals surface area contributed by atoms with Crippen molar-refractivity contribution in [1.82, 2.24) is 4.72 Å². The Labute approximate surface area is 187 Å². The van der Waals surface area contributed by atoms with Crippen molar-refractivity contribution < 1.29 is 18.1 Å². The van der Waals surface area contributed by atoms with Gasteiger partial charge in [-0.3, -0.25) is 14.9 Å². The van der Waals surface area contributed by atoms with E-state index in [0.29, 0.717) is 5.56 Å². The van der Waals surface area contributed by atoms with Gasteiger partial charge in [0, 0.05) is 28.7 Å². The first-order valence-corrected chi connectivity index (χ1v) is 11.4. The molecule has 0 heterocycles. The molecule has 8 nitrogen and oxygen atoms in total. The van der Waals surface area contributed by atoms with Crippen LogP contribution >= 0.6 is 15.9 Å². The number of nitrogens with zero attached hydrogens (tertiary/aromatic N) is 1. The van der Waals surface area contributed by atoms with Gasteiger partial charge in [-0.25, -0.2) is 13.1 Å². The van der Waals surface area contributed by atoms with Crippen molar-refractivity contribution in [2.24, 2.45) is 0 Å². The minimum absolute atomic E-state index is 0.0655. The highest BCUT2D eigenvalue weighted by Crippen LogP contribution is 2.23. The Morgan fingerprint density at radius 3 is 2.32 bits per heavy atom. The van der Waals surface area contributed by atoms with Crippen LogP contribution in [0.3, 0.4) is 0 Å². The van der Waals surface area contributed by atoms with Crippen LogP contribution in [0.15, 0.2) is 88.2 Å². The zero-order valence-electron chi connectivity index (χ0n) is 16.1. The average molecular weight is 504 g/mol. The van der Waals surface area contributed by atoms with Crippen molar-refractivity contribution in [3.05, 3.63) is 99.0 Å². The molecule has 1 amide bonds. The smallest absolute Gasteiger partial charge is 0.271 e. The van der Waals surface area contributed by atoms with E-state index in [9.17, 15) is 23.3 Å². The van der Waals surface area contributed by atoms with Crippen molar-refractivity contribution in [2.45, 2.75) is 17.4 Å². The second-order valence-corrected chi connectivity index (χ2v) is 9.23. The molecule has 1 unspecified atom stereocenters. The van der Waals surface area contributed by atoms with Gasteiger partial charge in [0.05, 0.1) is 15.9 Å². The molecule has 3 aromatic carbocycles. The molecule has 0 aliphatic heterocycles. The fourth-order valence-corrected chi connectivity index (χ4v) is 4.37. The Hall–Kier alpha value is -3.08. The fourth-order valence-electron chi connectivity index (χ4n) is 2.88. The third kappa shape index (κ3) is 6.20. The number of hydrogen-bond acceptors (Lipinski definition) is 5. The topological polar surface area (TPSA) is 118 Å². The third-order valence-electron chi connectivity index (χ3n) is 4.35. The molecular weight excluding hydrogens is 486 g/mol. The van der Waals surface area contributed by atoms with E-state index >= 15 is 0 Å². The molecule has 2 N–H and O–H groups in total. The van der Waals surface area contributed by atoms with E-state index in [2.05, 4.69) is 26.0 Å². The van der Waals surface area contributed by atoms with Gasteiger partial charge in [-0.15, -0.1) is 0 Å². The summed E-state index contributed by atoms with van der Waals surface area (Å²) in [6.07, 6.45) is -0.206. The first-order valence-electron chi connectivity index (χ1n) is 9.12. The number of anilines is 1. The van der Waals surface area contributed by atoms with E-state index in [4.69, 9.17) is 0 Å². The molecule has 0 saturated heterocycles. The number of rotatable bonds is 8. The molecule has 0 radical (unpaired) electrons. The summed E-state index contributed by atoms with van der Waals surface area (Å²) in [5.41, 5.74) is 0.701. The Morgan fingerprint density at radius 2 is 1.68 bits per heavy atom. The highest BCUT2D eigenvalue weighted by Gasteiger charge is 2.24. The average Bonchev–Trinajstić information content (AvgIpc) is 2.74. The maximum Gasteiger partial charge on any atom is 0.271 e. The van der Waals surface area contributed by atoms with E-state index in [1.54, 1.807) is 42.5 Å². The number of non-ortho nitro benzene ring substituents is 1. The van der Waals surface area contributed by atoms with Crippen LogP contribution in [0.5, 0.6) is 0 Å². The number of nitrogens with one attached hydrogen (secondary N) is 2. The first-order chi connectivity index (χ1) is 14.7. The SMILES string of the molecule is O=C(CC(NS(=O)(=O)c1ccc(Br)cc1)c1ccccc1)Nc1cccc([N+](=O)[O-])c1. The molecule has 0 bridgehead atoms. The summed E-state index contributed by atoms with van der Waals surface area (Å²) in [6, 6.07) is 19.5. The lowest BCUT2D eigenvalue weighted by Crippen LogP contribution is -2.31. The second-order valence-electron chi connectivity index (χ2n) is 6.60. The van der Waals surface area contributed by atoms with E-state index < -0.39 is 26.9 Å². The lowest BCUT2D eigenvalue weighted by Gasteiger charge is -2.19. The Bertz CT molecular complexity index is 1190. The first kappa shape index (κ1) is 22.6. The zero-order chi connectivity index (χ0) is 22.4. The van der Waals surface area contributed by atoms with Gasteiger partial charge < -0.3 is 5.32 Å². The highest BCUT2D eigenvalue weighted by atomic mass is 79.9. The minimum Gasteiger partial charge on any atom is -0.326 e. The van der Waals surface area contributed by atoms with Gasteiger partial charge in [0.2, 0.25) is 15.9 Å². The summed E-state index contributed by atoms with van der Waals surface area (Å²) in [7, 11) is -3.90. The van der Waals surface area contributed by atoms with Gasteiger partial charge in [-0.05, 0) is 35.9 Å². The van der Waals surface area contributed by atoms with Crippen molar-refractivity contribution in [2.75, 3.05) is 5.32 Å². The molecule has 0 aliphatic carbocycles. The Kier molecular flexibility index (Phi) is 7.16. The Balaban J connectivity index is 1.81. The van der Waals surface area contributed by atoms with E-state index in [1.165, 1.54) is 36.4 Å². The molecule has 1 atom stereocenters. The normalized spacial score (nSPS) is 12.2. The number of sulfonamides is 1. The maximum atomic E-state index is 12.9. The molecule has 0 aliphatic rings. The largest absolute Gasteiger partial charge is 0.326 e. The van der Waals surface area contributed by atoms with Crippen LogP contribution in [0.4, 0.5) is 11.4 Å². The number of halogens is 1. The van der Waals surface area contributed by atoms with Gasteiger partial charge in [0.15, 0.2) is 0 Å². The molecule has 3 rings (SSSR count). The minimum atomic E-state index is -3.90. The van der Waals surface area contributed by atoms with Crippen LogP contribution in [-0.2, 0) is 14.8 Å². The predicted octanol–water partition coefficient (Wildman–Crippen LogP) is 4.41. The van der Waals surface area contributed by atoms with Crippen LogP contribution in [-0.4, -0.2) is 19.2 Å². The van der Waals surface area contributed by atoms with Gasteiger partial charge in [0.25, 0.3) is 5.69 Å². The molecule has 0 aromatic heterocycles. The molecule has 0 spiro atoms. The quantitative estimate of drug-likeness (QED) is 0.348. The van der Waals surface area contributed by atoms with Crippen LogP contribution < -0.4 is 10.0 Å². The molecular formula is C21H18BrN3O5S. The lowest BCUT2D eigenvalue weighted by molar-refractivity contribution is -0.384. The van der Waals surface area contributed by atoms with Crippen LogP contribution in [0, 0.1) is 10.1 Å². The highest BCUT2D eigenvalue weighted by molar-refractivity contribution is 9.10. The number of amides is 1. The number of hydrogen-bond donors (Lipinski definition) is 2. The van der Waals surface area contributed by atoms with Crippen LogP contribution in [0.25, 0.3) is 0 Å². The summed E-state index contributed by atoms with van der Waals surface area (Å²) in [4.78, 5) is 23.1. The molecule has 31 heavy (non-hydrogen) atoms. The molecule has 0 fully saturated rings. The molecule has 10 heteroatoms. The van der Waals surface area contributed by atoms with Gasteiger partial charge in [-0.2, -0.15) is 0 Å². The van der Waals surface area contributed by atoms with Crippen molar-refractivity contribution in [1.29, 1.82) is 0 Å². The summed E-state index contributed by atoms with van der Waals surface area (Å²) >= 11 is 3.27. The predicted molar refractivity (Wildman–Crippen MR) is 120 cm³/mol. The Morgan fingerprint density at radius 1 is 1.00 bits per heavy atom. The van der Waals surface area contributed by atoms with Gasteiger partial charge in [-0.1, -0.05) is 52.3 Å². The molecule has 3 aromatic rings. The standard InChI is InChI=1S/C21H18BrN3O5S/c22-16-9-11-19(12-10-16)31(29,30)24-20(15-5-2-1-3-6-15)14-21(26)23-17-7-4-8-18(13-17)25(27)28/h1-13,20,24H,14H2,(H,23,26). The summed E-state index contributed by atoms with van der Waals surface area (Å²) in [5, 5.41) is 13.5. The number of benzene rings is 3. The van der Waals surface area contributed by atoms with Gasteiger partial charge >= 0.3 is 0 Å². The van der Waals surface area contributed by atoms with Crippen molar-refractivity contribution in [3.63, 3.8) is 0 Å². The summed E-state index contributed by atoms with van der Waals surface area (Å²) < 4.78 is 29.0. The summed E-state index contributed by atoms with van der Waals surface area (Å²) in [6.45, 7) is 0. The van der Waals surface area contributed by atoms with Crippen molar-refractivity contribution >= 4 is 43.2 Å². The van der Waals surface area contributed by atoms with E-state index in [0.717, 1.165) is 4.47 Å². The van der Waals surface area contributed by atoms with Gasteiger partial charge in [0.1, 0.15) is 0 Å². The number of nitro groups is 1.